The van der Waals surface area contributed by atoms with Crippen LogP contribution in [0.15, 0.2) is 18.3 Å². The van der Waals surface area contributed by atoms with Crippen molar-refractivity contribution in [1.82, 2.24) is 20.1 Å². The summed E-state index contributed by atoms with van der Waals surface area (Å²) in [4.78, 5) is 19.7. The number of aromatic nitrogens is 3. The van der Waals surface area contributed by atoms with Gasteiger partial charge in [0.05, 0.1) is 17.9 Å². The minimum Gasteiger partial charge on any atom is -0.369 e. The molecule has 2 aromatic rings. The highest BCUT2D eigenvalue weighted by molar-refractivity contribution is 5.94. The fourth-order valence-electron chi connectivity index (χ4n) is 4.26. The predicted octanol–water partition coefficient (Wildman–Crippen LogP) is 2.37. The van der Waals surface area contributed by atoms with E-state index in [1.54, 1.807) is 4.68 Å². The third-order valence-electron chi connectivity index (χ3n) is 5.43. The monoisotopic (exact) mass is 369 g/mol. The molecular weight excluding hydrogens is 342 g/mol. The summed E-state index contributed by atoms with van der Waals surface area (Å²) in [6.07, 6.45) is 4.95. The Kier molecular flexibility index (Phi) is 4.86. The van der Waals surface area contributed by atoms with Crippen LogP contribution in [0.1, 0.15) is 60.1 Å². The Bertz CT molecular complexity index is 841. The van der Waals surface area contributed by atoms with Crippen molar-refractivity contribution in [3.05, 3.63) is 40.8 Å². The average molecular weight is 369 g/mol. The first-order chi connectivity index (χ1) is 13.0. The Morgan fingerprint density at radius 2 is 2.11 bits per heavy atom. The highest BCUT2D eigenvalue weighted by Gasteiger charge is 2.31. The third-order valence-corrected chi connectivity index (χ3v) is 5.43. The van der Waals surface area contributed by atoms with Gasteiger partial charge in [-0.05, 0) is 32.8 Å². The number of ether oxygens (including phenoxy) is 1. The van der Waals surface area contributed by atoms with E-state index in [0.29, 0.717) is 18.7 Å². The maximum absolute atomic E-state index is 12.9. The normalized spacial score (nSPS) is 22.0. The molecule has 0 radical (unpaired) electrons. The second kappa shape index (κ2) is 7.31. The van der Waals surface area contributed by atoms with E-state index < -0.39 is 0 Å². The first kappa shape index (κ1) is 18.0. The van der Waals surface area contributed by atoms with Gasteiger partial charge in [0.2, 0.25) is 0 Å². The number of anilines is 1. The summed E-state index contributed by atoms with van der Waals surface area (Å²) in [5.41, 5.74) is 3.56. The van der Waals surface area contributed by atoms with Crippen molar-refractivity contribution in [2.75, 3.05) is 18.0 Å². The second-order valence-electron chi connectivity index (χ2n) is 7.49. The van der Waals surface area contributed by atoms with Crippen LogP contribution in [0.25, 0.3) is 0 Å². The average Bonchev–Trinajstić information content (AvgIpc) is 3.28. The van der Waals surface area contributed by atoms with Gasteiger partial charge in [0.1, 0.15) is 5.82 Å². The lowest BCUT2D eigenvalue weighted by atomic mass is 9.99. The van der Waals surface area contributed by atoms with Crippen molar-refractivity contribution in [3.63, 3.8) is 0 Å². The van der Waals surface area contributed by atoms with Gasteiger partial charge in [-0.15, -0.1) is 0 Å². The number of aryl methyl sites for hydroxylation is 1. The van der Waals surface area contributed by atoms with E-state index in [9.17, 15) is 4.79 Å². The van der Waals surface area contributed by atoms with Crippen LogP contribution in [0.2, 0.25) is 0 Å². The van der Waals surface area contributed by atoms with Crippen LogP contribution in [0.3, 0.4) is 0 Å². The smallest absolute Gasteiger partial charge is 0.272 e. The van der Waals surface area contributed by atoms with Gasteiger partial charge in [0.15, 0.2) is 5.69 Å². The Morgan fingerprint density at radius 1 is 1.33 bits per heavy atom. The molecule has 4 heterocycles. The van der Waals surface area contributed by atoms with E-state index in [1.807, 2.05) is 39.2 Å². The van der Waals surface area contributed by atoms with Crippen molar-refractivity contribution in [1.29, 1.82) is 0 Å². The molecule has 7 heteroatoms. The Morgan fingerprint density at radius 3 is 2.89 bits per heavy atom. The van der Waals surface area contributed by atoms with Crippen molar-refractivity contribution in [2.24, 2.45) is 7.05 Å². The van der Waals surface area contributed by atoms with E-state index in [2.05, 4.69) is 20.3 Å². The van der Waals surface area contributed by atoms with Gasteiger partial charge >= 0.3 is 0 Å². The number of pyridine rings is 1. The maximum Gasteiger partial charge on any atom is 0.272 e. The van der Waals surface area contributed by atoms with Gasteiger partial charge in [-0.25, -0.2) is 4.98 Å². The quantitative estimate of drug-likeness (QED) is 0.896. The molecule has 2 aliphatic rings. The number of amides is 1. The molecule has 0 unspecified atom stereocenters. The van der Waals surface area contributed by atoms with E-state index in [1.165, 1.54) is 12.8 Å². The first-order valence-corrected chi connectivity index (χ1v) is 9.73. The lowest BCUT2D eigenvalue weighted by Gasteiger charge is -2.26. The molecule has 0 saturated carbocycles. The zero-order valence-electron chi connectivity index (χ0n) is 16.2. The zero-order chi connectivity index (χ0) is 19.0. The van der Waals surface area contributed by atoms with Gasteiger partial charge in [0.25, 0.3) is 5.91 Å². The van der Waals surface area contributed by atoms with Crippen LogP contribution in [0.4, 0.5) is 5.82 Å². The number of nitrogens with zero attached hydrogens (tertiary/aromatic N) is 4. The molecule has 1 saturated heterocycles. The molecule has 2 aromatic heterocycles. The third kappa shape index (κ3) is 3.43. The summed E-state index contributed by atoms with van der Waals surface area (Å²) in [6, 6.07) is 3.96. The Labute approximate surface area is 159 Å². The molecule has 144 valence electrons. The number of carbonyl (C=O) groups is 1. The van der Waals surface area contributed by atoms with Crippen LogP contribution in [-0.4, -0.2) is 39.9 Å². The number of rotatable bonds is 4. The van der Waals surface area contributed by atoms with Gasteiger partial charge in [0, 0.05) is 50.4 Å². The highest BCUT2D eigenvalue weighted by atomic mass is 16.5. The molecule has 0 aromatic carbocycles. The molecule has 7 nitrogen and oxygen atoms in total. The number of hydrogen-bond acceptors (Lipinski definition) is 5. The number of fused-ring (bicyclic) bond motifs is 1. The molecule has 1 fully saturated rings. The number of nitrogens with one attached hydrogen (secondary N) is 1. The standard InChI is InChI=1S/C20H27N5O2/c1-13-11-16-17(23-24(3)18(16)14(2)27-13)20(26)22-12-15-7-6-8-21-19(15)25-9-4-5-10-25/h6-8,13-14H,4-5,9-12H2,1-3H3,(H,22,26)/t13-,14+/m1/s1. The molecule has 0 aliphatic carbocycles. The predicted molar refractivity (Wildman–Crippen MR) is 103 cm³/mol. The molecule has 1 N–H and O–H groups in total. The van der Waals surface area contributed by atoms with E-state index >= 15 is 0 Å². The lowest BCUT2D eigenvalue weighted by molar-refractivity contribution is -0.00903. The van der Waals surface area contributed by atoms with Crippen LogP contribution < -0.4 is 10.2 Å². The lowest BCUT2D eigenvalue weighted by Crippen LogP contribution is -2.28. The van der Waals surface area contributed by atoms with E-state index in [4.69, 9.17) is 4.74 Å². The SMILES string of the molecule is C[C@@H]1Cc2c(C(=O)NCc3cccnc3N3CCCC3)nn(C)c2[C@H](C)O1. The van der Waals surface area contributed by atoms with Gasteiger partial charge in [-0.3, -0.25) is 9.48 Å². The molecule has 1 amide bonds. The van der Waals surface area contributed by atoms with Crippen molar-refractivity contribution in [2.45, 2.75) is 51.9 Å². The number of hydrogen-bond donors (Lipinski definition) is 1. The molecular formula is C20H27N5O2. The van der Waals surface area contributed by atoms with Gasteiger partial charge < -0.3 is 15.0 Å². The summed E-state index contributed by atoms with van der Waals surface area (Å²) in [5.74, 6) is 0.846. The summed E-state index contributed by atoms with van der Waals surface area (Å²) >= 11 is 0. The topological polar surface area (TPSA) is 72.3 Å². The second-order valence-corrected chi connectivity index (χ2v) is 7.49. The van der Waals surface area contributed by atoms with Crippen molar-refractivity contribution >= 4 is 11.7 Å². The fourth-order valence-corrected chi connectivity index (χ4v) is 4.26. The molecule has 0 bridgehead atoms. The molecule has 2 atom stereocenters. The Balaban J connectivity index is 1.52. The maximum atomic E-state index is 12.9. The van der Waals surface area contributed by atoms with Crippen LogP contribution >= 0.6 is 0 Å². The Hall–Kier alpha value is -2.41. The molecule has 27 heavy (non-hydrogen) atoms. The zero-order valence-corrected chi connectivity index (χ0v) is 16.2. The molecule has 4 rings (SSSR count). The van der Waals surface area contributed by atoms with Crippen molar-refractivity contribution < 1.29 is 9.53 Å². The summed E-state index contributed by atoms with van der Waals surface area (Å²) in [6.45, 7) is 6.55. The van der Waals surface area contributed by atoms with Crippen LogP contribution in [0, 0.1) is 0 Å². The highest BCUT2D eigenvalue weighted by Crippen LogP contribution is 2.31. The summed E-state index contributed by atoms with van der Waals surface area (Å²) in [5, 5.41) is 7.54. The number of carbonyl (C=O) groups excluding carboxylic acids is 1. The first-order valence-electron chi connectivity index (χ1n) is 9.73. The minimum atomic E-state index is -0.135. The largest absolute Gasteiger partial charge is 0.369 e. The van der Waals surface area contributed by atoms with Gasteiger partial charge in [-0.2, -0.15) is 5.10 Å². The molecule has 0 spiro atoms. The van der Waals surface area contributed by atoms with Gasteiger partial charge in [-0.1, -0.05) is 6.07 Å². The molecule has 2 aliphatic heterocycles. The summed E-state index contributed by atoms with van der Waals surface area (Å²) < 4.78 is 7.66. The fraction of sp³-hybridized carbons (Fsp3) is 0.550. The van der Waals surface area contributed by atoms with E-state index in [-0.39, 0.29) is 18.1 Å². The minimum absolute atomic E-state index is 0.0529. The van der Waals surface area contributed by atoms with Crippen LogP contribution in [-0.2, 0) is 24.8 Å². The summed E-state index contributed by atoms with van der Waals surface area (Å²) in [7, 11) is 1.87. The van der Waals surface area contributed by atoms with E-state index in [0.717, 1.165) is 35.7 Å². The van der Waals surface area contributed by atoms with Crippen molar-refractivity contribution in [3.8, 4) is 0 Å². The van der Waals surface area contributed by atoms with Crippen LogP contribution in [0.5, 0.6) is 0 Å².